The van der Waals surface area contributed by atoms with Gasteiger partial charge in [0.15, 0.2) is 0 Å². The van der Waals surface area contributed by atoms with Gasteiger partial charge in [0.2, 0.25) is 0 Å². The third-order valence-electron chi connectivity index (χ3n) is 4.60. The van der Waals surface area contributed by atoms with Crippen LogP contribution in [0, 0.1) is 0 Å². The summed E-state index contributed by atoms with van der Waals surface area (Å²) in [5, 5.41) is 4.82. The Kier molecular flexibility index (Phi) is 3.17. The van der Waals surface area contributed by atoms with Crippen molar-refractivity contribution in [3.05, 3.63) is 82.2 Å². The molecule has 0 saturated heterocycles. The molecule has 0 amide bonds. The van der Waals surface area contributed by atoms with Crippen molar-refractivity contribution in [3.8, 4) is 11.5 Å². The number of hydrogen-bond acceptors (Lipinski definition) is 2. The number of benzene rings is 3. The van der Waals surface area contributed by atoms with Crippen LogP contribution in [-0.4, -0.2) is 0 Å². The van der Waals surface area contributed by atoms with Gasteiger partial charge in [-0.15, -0.1) is 0 Å². The Morgan fingerprint density at radius 2 is 1.71 bits per heavy atom. The summed E-state index contributed by atoms with van der Waals surface area (Å²) in [4.78, 5) is 0. The topological polar surface area (TPSA) is 18.5 Å². The SMILES string of the molecule is C1=CCc2ccc3/c(c2=C1)=C\c1c(ccc2ccccc12)OPO3. The molecule has 0 aromatic heterocycles. The molecule has 2 aliphatic rings. The molecule has 5 rings (SSSR count). The first-order valence-electron chi connectivity index (χ1n) is 8.01. The van der Waals surface area contributed by atoms with Crippen molar-refractivity contribution in [2.75, 3.05) is 0 Å². The molecule has 1 aliphatic heterocycles. The molecule has 0 saturated carbocycles. The van der Waals surface area contributed by atoms with E-state index in [1.54, 1.807) is 0 Å². The van der Waals surface area contributed by atoms with E-state index in [1.165, 1.54) is 21.6 Å². The first-order valence-corrected chi connectivity index (χ1v) is 8.83. The third kappa shape index (κ3) is 2.15. The molecule has 0 radical (unpaired) electrons. The van der Waals surface area contributed by atoms with Gasteiger partial charge in [-0.05, 0) is 46.2 Å². The van der Waals surface area contributed by atoms with E-state index in [0.29, 0.717) is 0 Å². The average molecular weight is 330 g/mol. The van der Waals surface area contributed by atoms with Gasteiger partial charge in [0.25, 0.3) is 9.03 Å². The van der Waals surface area contributed by atoms with Crippen molar-refractivity contribution in [2.24, 2.45) is 0 Å². The van der Waals surface area contributed by atoms with Crippen LogP contribution < -0.4 is 19.5 Å². The molecular formula is C21H15O2P. The molecular weight excluding hydrogens is 315 g/mol. The van der Waals surface area contributed by atoms with Crippen LogP contribution in [-0.2, 0) is 6.42 Å². The fraction of sp³-hybridized carbons (Fsp3) is 0.0476. The van der Waals surface area contributed by atoms with Gasteiger partial charge in [0.1, 0.15) is 11.5 Å². The zero-order chi connectivity index (χ0) is 15.9. The monoisotopic (exact) mass is 330 g/mol. The predicted molar refractivity (Wildman–Crippen MR) is 100 cm³/mol. The van der Waals surface area contributed by atoms with Crippen molar-refractivity contribution < 1.29 is 9.05 Å². The molecule has 0 spiro atoms. The maximum absolute atomic E-state index is 5.89. The predicted octanol–water partition coefficient (Wildman–Crippen LogP) is 3.84. The normalized spacial score (nSPS) is 17.1. The van der Waals surface area contributed by atoms with Gasteiger partial charge in [-0.2, -0.15) is 0 Å². The summed E-state index contributed by atoms with van der Waals surface area (Å²) in [6, 6.07) is 16.8. The summed E-state index contributed by atoms with van der Waals surface area (Å²) in [6.07, 6.45) is 9.66. The minimum Gasteiger partial charge on any atom is -0.440 e. The molecule has 24 heavy (non-hydrogen) atoms. The first-order chi connectivity index (χ1) is 11.9. The molecule has 0 N–H and O–H groups in total. The standard InChI is InChI=1S/C21H15O2P/c1-3-7-16-14(5-1)9-11-20-18(16)13-19-17-8-4-2-6-15(17)10-12-21(19)23-24-22-20/h1-5,7-13,24H,6H2/b19-13-. The fourth-order valence-corrected chi connectivity index (χ4v) is 3.98. The van der Waals surface area contributed by atoms with E-state index in [2.05, 4.69) is 66.8 Å². The molecule has 3 aromatic carbocycles. The van der Waals surface area contributed by atoms with E-state index in [-0.39, 0.29) is 9.03 Å². The highest BCUT2D eigenvalue weighted by atomic mass is 31.1. The third-order valence-corrected chi connectivity index (χ3v) is 5.20. The van der Waals surface area contributed by atoms with Crippen molar-refractivity contribution in [1.82, 2.24) is 0 Å². The highest BCUT2D eigenvalue weighted by Crippen LogP contribution is 2.34. The molecule has 2 nitrogen and oxygen atoms in total. The smallest absolute Gasteiger partial charge is 0.275 e. The van der Waals surface area contributed by atoms with Crippen LogP contribution in [0.1, 0.15) is 11.1 Å². The van der Waals surface area contributed by atoms with Crippen LogP contribution >= 0.6 is 9.03 Å². The van der Waals surface area contributed by atoms with Gasteiger partial charge in [-0.25, -0.2) is 0 Å². The Bertz CT molecular complexity index is 1110. The molecule has 3 aromatic rings. The molecule has 1 unspecified atom stereocenters. The number of rotatable bonds is 0. The summed E-state index contributed by atoms with van der Waals surface area (Å²) in [7, 11) is -0.0432. The van der Waals surface area contributed by atoms with E-state index >= 15 is 0 Å². The van der Waals surface area contributed by atoms with Crippen LogP contribution in [0.4, 0.5) is 0 Å². The maximum Gasteiger partial charge on any atom is 0.275 e. The van der Waals surface area contributed by atoms with Crippen molar-refractivity contribution >= 4 is 32.0 Å². The van der Waals surface area contributed by atoms with Gasteiger partial charge < -0.3 is 9.05 Å². The van der Waals surface area contributed by atoms with E-state index in [4.69, 9.17) is 9.05 Å². The molecule has 1 aliphatic carbocycles. The van der Waals surface area contributed by atoms with E-state index in [1.807, 2.05) is 6.07 Å². The van der Waals surface area contributed by atoms with E-state index in [0.717, 1.165) is 28.7 Å². The van der Waals surface area contributed by atoms with E-state index in [9.17, 15) is 0 Å². The molecule has 1 heterocycles. The summed E-state index contributed by atoms with van der Waals surface area (Å²) in [5.41, 5.74) is 2.46. The van der Waals surface area contributed by atoms with Crippen molar-refractivity contribution in [2.45, 2.75) is 6.42 Å². The molecule has 1 atom stereocenters. The van der Waals surface area contributed by atoms with Crippen LogP contribution in [0.25, 0.3) is 22.9 Å². The Morgan fingerprint density at radius 1 is 0.833 bits per heavy atom. The fourth-order valence-electron chi connectivity index (χ4n) is 3.40. The number of allylic oxidation sites excluding steroid dienone is 2. The van der Waals surface area contributed by atoms with Crippen molar-refractivity contribution in [1.29, 1.82) is 0 Å². The maximum atomic E-state index is 5.89. The van der Waals surface area contributed by atoms with Gasteiger partial charge in [-0.3, -0.25) is 0 Å². The van der Waals surface area contributed by atoms with Crippen LogP contribution in [0.2, 0.25) is 0 Å². The van der Waals surface area contributed by atoms with E-state index < -0.39 is 0 Å². The molecule has 0 bridgehead atoms. The largest absolute Gasteiger partial charge is 0.440 e. The van der Waals surface area contributed by atoms with Crippen LogP contribution in [0.5, 0.6) is 11.5 Å². The Hall–Kier alpha value is -2.57. The van der Waals surface area contributed by atoms with Gasteiger partial charge >= 0.3 is 0 Å². The molecule has 0 fully saturated rings. The number of fused-ring (bicyclic) bond motifs is 6. The lowest BCUT2D eigenvalue weighted by atomic mass is 9.98. The highest BCUT2D eigenvalue weighted by Gasteiger charge is 2.13. The zero-order valence-corrected chi connectivity index (χ0v) is 14.0. The summed E-state index contributed by atoms with van der Waals surface area (Å²) in [6.45, 7) is 0. The number of hydrogen-bond donors (Lipinski definition) is 0. The highest BCUT2D eigenvalue weighted by molar-refractivity contribution is 7.27. The Labute approximate surface area is 141 Å². The average Bonchev–Trinajstić information content (AvgIpc) is 2.62. The lowest BCUT2D eigenvalue weighted by Gasteiger charge is -2.17. The first kappa shape index (κ1) is 13.8. The van der Waals surface area contributed by atoms with Crippen molar-refractivity contribution in [3.63, 3.8) is 0 Å². The summed E-state index contributed by atoms with van der Waals surface area (Å²) >= 11 is 0. The lowest BCUT2D eigenvalue weighted by Crippen LogP contribution is -2.31. The zero-order valence-electron chi connectivity index (χ0n) is 13.0. The summed E-state index contributed by atoms with van der Waals surface area (Å²) in [5.74, 6) is 1.76. The minimum absolute atomic E-state index is 0.0432. The van der Waals surface area contributed by atoms with Gasteiger partial charge in [-0.1, -0.05) is 54.6 Å². The second-order valence-corrected chi connectivity index (χ2v) is 6.55. The van der Waals surface area contributed by atoms with Crippen LogP contribution in [0.3, 0.4) is 0 Å². The Morgan fingerprint density at radius 3 is 2.71 bits per heavy atom. The molecule has 3 heteroatoms. The van der Waals surface area contributed by atoms with Crippen LogP contribution in [0.15, 0.2) is 60.7 Å². The second-order valence-electron chi connectivity index (χ2n) is 5.98. The lowest BCUT2D eigenvalue weighted by molar-refractivity contribution is 0.510. The van der Waals surface area contributed by atoms with Gasteiger partial charge in [0.05, 0.1) is 0 Å². The summed E-state index contributed by atoms with van der Waals surface area (Å²) < 4.78 is 11.8. The minimum atomic E-state index is -0.0432. The Balaban J connectivity index is 1.94. The second kappa shape index (κ2) is 5.51. The van der Waals surface area contributed by atoms with Gasteiger partial charge in [0, 0.05) is 10.8 Å². The molecule has 116 valence electrons. The quantitative estimate of drug-likeness (QED) is 0.583.